The molecule has 0 aliphatic carbocycles. The Balaban J connectivity index is 3.06. The van der Waals surface area contributed by atoms with Gasteiger partial charge in [-0.15, -0.1) is 0 Å². The van der Waals surface area contributed by atoms with Gasteiger partial charge in [0.1, 0.15) is 0 Å². The number of thiol groups is 1. The molecule has 0 aliphatic heterocycles. The molecule has 1 heterocycles. The van der Waals surface area contributed by atoms with Gasteiger partial charge in [0, 0.05) is 30.7 Å². The summed E-state index contributed by atoms with van der Waals surface area (Å²) in [6.07, 6.45) is 0. The van der Waals surface area contributed by atoms with Crippen molar-refractivity contribution in [3.8, 4) is 0 Å². The highest BCUT2D eigenvalue weighted by atomic mass is 32.1. The molecule has 0 fully saturated rings. The van der Waals surface area contributed by atoms with Crippen LogP contribution in [0, 0.1) is 6.92 Å². The van der Waals surface area contributed by atoms with E-state index >= 15 is 0 Å². The van der Waals surface area contributed by atoms with Crippen molar-refractivity contribution in [2.75, 3.05) is 13.7 Å². The number of nitrogens with zero attached hydrogens (tertiary/aromatic N) is 1. The van der Waals surface area contributed by atoms with Crippen molar-refractivity contribution in [3.05, 3.63) is 33.7 Å². The maximum Gasteiger partial charge on any atom is 0.254 e. The molecule has 0 spiro atoms. The summed E-state index contributed by atoms with van der Waals surface area (Å²) >= 11 is 4.11. The van der Waals surface area contributed by atoms with Crippen molar-refractivity contribution in [1.29, 1.82) is 0 Å². The summed E-state index contributed by atoms with van der Waals surface area (Å²) in [6.45, 7) is 3.07. The molecule has 1 aromatic heterocycles. The number of pyridine rings is 1. The van der Waals surface area contributed by atoms with Crippen molar-refractivity contribution in [2.24, 2.45) is 0 Å². The van der Waals surface area contributed by atoms with Gasteiger partial charge in [-0.3, -0.25) is 4.79 Å². The number of rotatable bonds is 4. The number of hydrogen-bond donors (Lipinski definition) is 1. The number of aromatic nitrogens is 1. The van der Waals surface area contributed by atoms with Crippen LogP contribution in [0.2, 0.25) is 0 Å². The quantitative estimate of drug-likeness (QED) is 0.763. The van der Waals surface area contributed by atoms with E-state index in [2.05, 4.69) is 12.6 Å². The van der Waals surface area contributed by atoms with Crippen LogP contribution in [0.15, 0.2) is 16.9 Å². The third-order valence-corrected chi connectivity index (χ3v) is 2.50. The summed E-state index contributed by atoms with van der Waals surface area (Å²) in [4.78, 5) is 11.8. The molecule has 0 bridgehead atoms. The predicted octanol–water partition coefficient (Wildman–Crippen LogP) is 1.23. The van der Waals surface area contributed by atoms with Crippen molar-refractivity contribution in [2.45, 2.75) is 19.2 Å². The lowest BCUT2D eigenvalue weighted by molar-refractivity contribution is 0.185. The van der Waals surface area contributed by atoms with Gasteiger partial charge in [0.05, 0.1) is 6.61 Å². The van der Waals surface area contributed by atoms with Gasteiger partial charge in [-0.05, 0) is 13.0 Å². The zero-order valence-electron chi connectivity index (χ0n) is 8.49. The van der Waals surface area contributed by atoms with Gasteiger partial charge in [-0.1, -0.05) is 6.07 Å². The molecule has 0 saturated carbocycles. The molecule has 78 valence electrons. The number of aryl methyl sites for hydroxylation is 1. The van der Waals surface area contributed by atoms with Gasteiger partial charge in [0.2, 0.25) is 0 Å². The second-order valence-corrected chi connectivity index (χ2v) is 3.42. The molecule has 1 rings (SSSR count). The maximum absolute atomic E-state index is 11.8. The van der Waals surface area contributed by atoms with Crippen LogP contribution >= 0.6 is 12.6 Å². The van der Waals surface area contributed by atoms with Gasteiger partial charge in [0.15, 0.2) is 0 Å². The average molecular weight is 213 g/mol. The Morgan fingerprint density at radius 2 is 2.21 bits per heavy atom. The molecule has 0 radical (unpaired) electrons. The van der Waals surface area contributed by atoms with Gasteiger partial charge in [-0.2, -0.15) is 12.6 Å². The first-order valence-electron chi connectivity index (χ1n) is 4.49. The molecule has 0 amide bonds. The molecular formula is C10H15NO2S. The lowest BCUT2D eigenvalue weighted by atomic mass is 10.2. The fourth-order valence-corrected chi connectivity index (χ4v) is 1.54. The van der Waals surface area contributed by atoms with Crippen LogP contribution in [0.4, 0.5) is 0 Å². The van der Waals surface area contributed by atoms with Crippen molar-refractivity contribution in [3.63, 3.8) is 0 Å². The maximum atomic E-state index is 11.8. The smallest absolute Gasteiger partial charge is 0.254 e. The summed E-state index contributed by atoms with van der Waals surface area (Å²) in [7, 11) is 1.63. The first-order valence-corrected chi connectivity index (χ1v) is 5.13. The Kier molecular flexibility index (Phi) is 4.22. The minimum atomic E-state index is 0.0389. The Labute approximate surface area is 89.1 Å². The molecule has 0 atom stereocenters. The lowest BCUT2D eigenvalue weighted by Crippen LogP contribution is -2.26. The van der Waals surface area contributed by atoms with E-state index in [0.717, 1.165) is 11.3 Å². The minimum Gasteiger partial charge on any atom is -0.383 e. The predicted molar refractivity (Wildman–Crippen MR) is 60.0 cm³/mol. The lowest BCUT2D eigenvalue weighted by Gasteiger charge is -2.10. The van der Waals surface area contributed by atoms with E-state index in [0.29, 0.717) is 18.9 Å². The Bertz CT molecular complexity index is 360. The SMILES string of the molecule is COCCn1c(C)ccc(CS)c1=O. The molecule has 1 aromatic rings. The first-order chi connectivity index (χ1) is 6.70. The van der Waals surface area contributed by atoms with Crippen LogP contribution in [0.5, 0.6) is 0 Å². The Morgan fingerprint density at radius 3 is 2.79 bits per heavy atom. The topological polar surface area (TPSA) is 31.2 Å². The van der Waals surface area contributed by atoms with Gasteiger partial charge < -0.3 is 9.30 Å². The first kappa shape index (κ1) is 11.3. The van der Waals surface area contributed by atoms with E-state index in [4.69, 9.17) is 4.74 Å². The average Bonchev–Trinajstić information content (AvgIpc) is 2.18. The van der Waals surface area contributed by atoms with Crippen molar-refractivity contribution < 1.29 is 4.74 Å². The molecule has 0 saturated heterocycles. The molecule has 0 aliphatic rings. The van der Waals surface area contributed by atoms with E-state index in [1.54, 1.807) is 11.7 Å². The highest BCUT2D eigenvalue weighted by Gasteiger charge is 2.04. The molecule has 0 aromatic carbocycles. The van der Waals surface area contributed by atoms with E-state index in [1.807, 2.05) is 19.1 Å². The Hall–Kier alpha value is -0.740. The van der Waals surface area contributed by atoms with Crippen LogP contribution in [0.3, 0.4) is 0 Å². The molecule has 3 nitrogen and oxygen atoms in total. The van der Waals surface area contributed by atoms with Gasteiger partial charge in [-0.25, -0.2) is 0 Å². The van der Waals surface area contributed by atoms with Crippen molar-refractivity contribution >= 4 is 12.6 Å². The molecule has 0 unspecified atom stereocenters. The highest BCUT2D eigenvalue weighted by Crippen LogP contribution is 2.00. The molecular weight excluding hydrogens is 198 g/mol. The van der Waals surface area contributed by atoms with Gasteiger partial charge >= 0.3 is 0 Å². The van der Waals surface area contributed by atoms with Crippen LogP contribution in [-0.2, 0) is 17.0 Å². The summed E-state index contributed by atoms with van der Waals surface area (Å²) in [5.41, 5.74) is 1.73. The van der Waals surface area contributed by atoms with Crippen LogP contribution in [-0.4, -0.2) is 18.3 Å². The van der Waals surface area contributed by atoms with E-state index in [1.165, 1.54) is 0 Å². The van der Waals surface area contributed by atoms with Crippen LogP contribution in [0.1, 0.15) is 11.3 Å². The van der Waals surface area contributed by atoms with E-state index in [9.17, 15) is 4.79 Å². The van der Waals surface area contributed by atoms with E-state index < -0.39 is 0 Å². The molecule has 4 heteroatoms. The van der Waals surface area contributed by atoms with Gasteiger partial charge in [0.25, 0.3) is 5.56 Å². The molecule has 0 N–H and O–H groups in total. The molecule has 14 heavy (non-hydrogen) atoms. The number of methoxy groups -OCH3 is 1. The zero-order chi connectivity index (χ0) is 10.6. The van der Waals surface area contributed by atoms with Crippen LogP contribution in [0.25, 0.3) is 0 Å². The monoisotopic (exact) mass is 213 g/mol. The standard InChI is InChI=1S/C10H15NO2S/c1-8-3-4-9(7-14)10(12)11(8)5-6-13-2/h3-4,14H,5-7H2,1-2H3. The normalized spacial score (nSPS) is 10.5. The zero-order valence-corrected chi connectivity index (χ0v) is 9.38. The second kappa shape index (κ2) is 5.22. The fourth-order valence-electron chi connectivity index (χ4n) is 1.30. The largest absolute Gasteiger partial charge is 0.383 e. The highest BCUT2D eigenvalue weighted by molar-refractivity contribution is 7.79. The number of hydrogen-bond acceptors (Lipinski definition) is 3. The second-order valence-electron chi connectivity index (χ2n) is 3.11. The third-order valence-electron chi connectivity index (χ3n) is 2.16. The fraction of sp³-hybridized carbons (Fsp3) is 0.500. The van der Waals surface area contributed by atoms with E-state index in [-0.39, 0.29) is 5.56 Å². The van der Waals surface area contributed by atoms with Crippen molar-refractivity contribution in [1.82, 2.24) is 4.57 Å². The third kappa shape index (κ3) is 2.39. The summed E-state index contributed by atoms with van der Waals surface area (Å²) < 4.78 is 6.67. The summed E-state index contributed by atoms with van der Waals surface area (Å²) in [5, 5.41) is 0. The number of ether oxygens (including phenoxy) is 1. The summed E-state index contributed by atoms with van der Waals surface area (Å²) in [6, 6.07) is 3.76. The summed E-state index contributed by atoms with van der Waals surface area (Å²) in [5.74, 6) is 0.478. The Morgan fingerprint density at radius 1 is 1.50 bits per heavy atom. The minimum absolute atomic E-state index is 0.0389. The van der Waals surface area contributed by atoms with Crippen LogP contribution < -0.4 is 5.56 Å².